The van der Waals surface area contributed by atoms with Gasteiger partial charge in [-0.15, -0.1) is 0 Å². The Balaban J connectivity index is 1.96. The Labute approximate surface area is 136 Å². The van der Waals surface area contributed by atoms with E-state index < -0.39 is 0 Å². The van der Waals surface area contributed by atoms with E-state index in [-0.39, 0.29) is 18.6 Å². The van der Waals surface area contributed by atoms with Crippen molar-refractivity contribution in [2.75, 3.05) is 6.61 Å². The topological polar surface area (TPSA) is 55.4 Å². The van der Waals surface area contributed by atoms with Crippen molar-refractivity contribution in [2.24, 2.45) is 0 Å². The second-order valence-electron chi connectivity index (χ2n) is 5.59. The van der Waals surface area contributed by atoms with E-state index in [0.717, 1.165) is 23.0 Å². The van der Waals surface area contributed by atoms with Gasteiger partial charge >= 0.3 is 0 Å². The molecule has 1 amide bonds. The molecule has 1 atom stereocenters. The van der Waals surface area contributed by atoms with Gasteiger partial charge in [-0.1, -0.05) is 30.3 Å². The average molecular weight is 311 g/mol. The Morgan fingerprint density at radius 3 is 2.35 bits per heavy atom. The molecule has 0 fully saturated rings. The van der Waals surface area contributed by atoms with Gasteiger partial charge in [0.25, 0.3) is 5.91 Å². The van der Waals surface area contributed by atoms with Crippen LogP contribution >= 0.6 is 0 Å². The number of benzene rings is 2. The van der Waals surface area contributed by atoms with E-state index in [4.69, 9.17) is 4.74 Å². The molecule has 2 aromatic rings. The van der Waals surface area contributed by atoms with E-state index in [9.17, 15) is 9.59 Å². The number of nitrogens with one attached hydrogen (secondary N) is 1. The SMILES string of the molecule is Cc1cc(C=O)cc(C)c1OCC(=O)N[C@H](C)c1ccccc1. The van der Waals surface area contributed by atoms with Crippen LogP contribution in [-0.2, 0) is 4.79 Å². The highest BCUT2D eigenvalue weighted by molar-refractivity contribution is 5.78. The van der Waals surface area contributed by atoms with Crippen LogP contribution in [0.1, 0.15) is 40.0 Å². The third-order valence-electron chi connectivity index (χ3n) is 3.64. The van der Waals surface area contributed by atoms with Gasteiger partial charge in [-0.3, -0.25) is 9.59 Å². The smallest absolute Gasteiger partial charge is 0.258 e. The number of aldehydes is 1. The molecule has 0 spiro atoms. The van der Waals surface area contributed by atoms with E-state index in [2.05, 4.69) is 5.32 Å². The van der Waals surface area contributed by atoms with Crippen molar-refractivity contribution in [1.82, 2.24) is 5.32 Å². The molecule has 0 aromatic heterocycles. The minimum absolute atomic E-state index is 0.0563. The van der Waals surface area contributed by atoms with Gasteiger partial charge in [0.05, 0.1) is 6.04 Å². The van der Waals surface area contributed by atoms with E-state index in [0.29, 0.717) is 11.3 Å². The standard InChI is InChI=1S/C19H21NO3/c1-13-9-16(11-21)10-14(2)19(13)23-12-18(22)20-15(3)17-7-5-4-6-8-17/h4-11,15H,12H2,1-3H3,(H,20,22)/t15-/m1/s1. The van der Waals surface area contributed by atoms with Crippen LogP contribution < -0.4 is 10.1 Å². The molecular weight excluding hydrogens is 290 g/mol. The van der Waals surface area contributed by atoms with E-state index in [1.165, 1.54) is 0 Å². The molecule has 0 saturated heterocycles. The van der Waals surface area contributed by atoms with Gasteiger partial charge in [-0.05, 0) is 49.6 Å². The van der Waals surface area contributed by atoms with Crippen LogP contribution in [0.2, 0.25) is 0 Å². The van der Waals surface area contributed by atoms with Gasteiger partial charge in [0.1, 0.15) is 12.0 Å². The summed E-state index contributed by atoms with van der Waals surface area (Å²) in [5, 5.41) is 2.91. The third-order valence-corrected chi connectivity index (χ3v) is 3.64. The number of rotatable bonds is 6. The number of amides is 1. The molecule has 2 rings (SSSR count). The Hall–Kier alpha value is -2.62. The van der Waals surface area contributed by atoms with E-state index in [1.807, 2.05) is 51.1 Å². The fourth-order valence-electron chi connectivity index (χ4n) is 2.53. The lowest BCUT2D eigenvalue weighted by atomic mass is 10.1. The summed E-state index contributed by atoms with van der Waals surface area (Å²) in [6.45, 7) is 5.60. The molecule has 0 aliphatic rings. The lowest BCUT2D eigenvalue weighted by Crippen LogP contribution is -2.31. The largest absolute Gasteiger partial charge is 0.483 e. The Morgan fingerprint density at radius 2 is 1.78 bits per heavy atom. The Bertz CT molecular complexity index is 672. The summed E-state index contributed by atoms with van der Waals surface area (Å²) in [7, 11) is 0. The summed E-state index contributed by atoms with van der Waals surface area (Å²) in [6.07, 6.45) is 0.804. The minimum atomic E-state index is -0.181. The lowest BCUT2D eigenvalue weighted by Gasteiger charge is -2.16. The monoisotopic (exact) mass is 311 g/mol. The first-order valence-corrected chi connectivity index (χ1v) is 7.54. The Kier molecular flexibility index (Phi) is 5.52. The summed E-state index contributed by atoms with van der Waals surface area (Å²) in [5.41, 5.74) is 3.34. The second-order valence-corrected chi connectivity index (χ2v) is 5.59. The maximum Gasteiger partial charge on any atom is 0.258 e. The molecule has 0 aliphatic heterocycles. The van der Waals surface area contributed by atoms with Crippen LogP contribution in [-0.4, -0.2) is 18.8 Å². The molecule has 2 aromatic carbocycles. The summed E-state index contributed by atoms with van der Waals surface area (Å²) in [4.78, 5) is 22.9. The van der Waals surface area contributed by atoms with Crippen molar-refractivity contribution in [3.8, 4) is 5.75 Å². The molecule has 1 N–H and O–H groups in total. The highest BCUT2D eigenvalue weighted by Crippen LogP contribution is 2.24. The minimum Gasteiger partial charge on any atom is -0.483 e. The highest BCUT2D eigenvalue weighted by Gasteiger charge is 2.12. The van der Waals surface area contributed by atoms with E-state index in [1.54, 1.807) is 12.1 Å². The Morgan fingerprint density at radius 1 is 1.17 bits per heavy atom. The number of aryl methyl sites for hydroxylation is 2. The fraction of sp³-hybridized carbons (Fsp3) is 0.263. The zero-order valence-corrected chi connectivity index (χ0v) is 13.6. The van der Waals surface area contributed by atoms with Crippen LogP contribution in [0, 0.1) is 13.8 Å². The van der Waals surface area contributed by atoms with Crippen molar-refractivity contribution < 1.29 is 14.3 Å². The third kappa shape index (κ3) is 4.42. The molecule has 120 valence electrons. The molecular formula is C19H21NO3. The zero-order valence-electron chi connectivity index (χ0n) is 13.6. The van der Waals surface area contributed by atoms with Gasteiger partial charge in [-0.2, -0.15) is 0 Å². The number of hydrogen-bond acceptors (Lipinski definition) is 3. The van der Waals surface area contributed by atoms with Crippen molar-refractivity contribution in [3.63, 3.8) is 0 Å². The molecule has 0 saturated carbocycles. The van der Waals surface area contributed by atoms with Crippen molar-refractivity contribution in [3.05, 3.63) is 64.7 Å². The first-order valence-electron chi connectivity index (χ1n) is 7.54. The molecule has 0 aliphatic carbocycles. The van der Waals surface area contributed by atoms with Crippen LogP contribution in [0.15, 0.2) is 42.5 Å². The van der Waals surface area contributed by atoms with Gasteiger partial charge in [0.2, 0.25) is 0 Å². The maximum atomic E-state index is 12.1. The molecule has 0 bridgehead atoms. The second kappa shape index (κ2) is 7.58. The molecule has 0 radical (unpaired) electrons. The highest BCUT2D eigenvalue weighted by atomic mass is 16.5. The zero-order chi connectivity index (χ0) is 16.8. The molecule has 0 unspecified atom stereocenters. The first-order chi connectivity index (χ1) is 11.0. The predicted octanol–water partition coefficient (Wildman–Crippen LogP) is 3.37. The molecule has 0 heterocycles. The van der Waals surface area contributed by atoms with Gasteiger partial charge in [0, 0.05) is 5.56 Å². The van der Waals surface area contributed by atoms with Gasteiger partial charge in [0.15, 0.2) is 6.61 Å². The number of carbonyl (C=O) groups excluding carboxylic acids is 2. The van der Waals surface area contributed by atoms with Gasteiger partial charge in [-0.25, -0.2) is 0 Å². The van der Waals surface area contributed by atoms with Crippen molar-refractivity contribution in [1.29, 1.82) is 0 Å². The predicted molar refractivity (Wildman–Crippen MR) is 89.8 cm³/mol. The normalized spacial score (nSPS) is 11.6. The van der Waals surface area contributed by atoms with Crippen molar-refractivity contribution >= 4 is 12.2 Å². The molecule has 4 nitrogen and oxygen atoms in total. The van der Waals surface area contributed by atoms with Crippen LogP contribution in [0.5, 0.6) is 5.75 Å². The maximum absolute atomic E-state index is 12.1. The fourth-order valence-corrected chi connectivity index (χ4v) is 2.53. The van der Waals surface area contributed by atoms with E-state index >= 15 is 0 Å². The lowest BCUT2D eigenvalue weighted by molar-refractivity contribution is -0.123. The van der Waals surface area contributed by atoms with Crippen molar-refractivity contribution in [2.45, 2.75) is 26.8 Å². The number of hydrogen-bond donors (Lipinski definition) is 1. The summed E-state index contributed by atoms with van der Waals surface area (Å²) in [5.74, 6) is 0.470. The van der Waals surface area contributed by atoms with Crippen LogP contribution in [0.3, 0.4) is 0 Å². The quantitative estimate of drug-likeness (QED) is 0.832. The van der Waals surface area contributed by atoms with Crippen LogP contribution in [0.4, 0.5) is 0 Å². The van der Waals surface area contributed by atoms with Crippen LogP contribution in [0.25, 0.3) is 0 Å². The average Bonchev–Trinajstić information content (AvgIpc) is 2.54. The van der Waals surface area contributed by atoms with Gasteiger partial charge < -0.3 is 10.1 Å². The summed E-state index contributed by atoms with van der Waals surface area (Å²) < 4.78 is 5.64. The summed E-state index contributed by atoms with van der Waals surface area (Å²) in [6, 6.07) is 13.2. The first kappa shape index (κ1) is 16.7. The summed E-state index contributed by atoms with van der Waals surface area (Å²) >= 11 is 0. The molecule has 23 heavy (non-hydrogen) atoms. The number of ether oxygens (including phenoxy) is 1. The number of carbonyl (C=O) groups is 2. The molecule has 4 heteroatoms.